The van der Waals surface area contributed by atoms with E-state index >= 15 is 0 Å². The Bertz CT molecular complexity index is 2410. The minimum absolute atomic E-state index is 0.0168. The maximum absolute atomic E-state index is 14.2. The van der Waals surface area contributed by atoms with Crippen molar-refractivity contribution in [3.63, 3.8) is 0 Å². The van der Waals surface area contributed by atoms with Crippen LogP contribution in [-0.4, -0.2) is 218 Å². The van der Waals surface area contributed by atoms with Gasteiger partial charge in [-0.05, 0) is 113 Å². The summed E-state index contributed by atoms with van der Waals surface area (Å²) in [5.74, 6) is -3.78. The van der Waals surface area contributed by atoms with Gasteiger partial charge in [0.05, 0.1) is 24.9 Å². The highest BCUT2D eigenvalue weighted by molar-refractivity contribution is 5.94. The van der Waals surface area contributed by atoms with E-state index in [9.17, 15) is 55.2 Å². The van der Waals surface area contributed by atoms with E-state index in [2.05, 4.69) is 65.7 Å². The normalized spacial score (nSPS) is 31.7. The lowest BCUT2D eigenvalue weighted by Crippen LogP contribution is -2.68. The highest BCUT2D eigenvalue weighted by Crippen LogP contribution is 2.38. The zero-order valence-corrected chi connectivity index (χ0v) is 46.8. The number of amides is 2. The van der Waals surface area contributed by atoms with E-state index in [0.29, 0.717) is 12.8 Å². The molecule has 3 aromatic rings. The Morgan fingerprint density at radius 2 is 1.43 bits per heavy atom. The SMILES string of the molecule is CC1OC(OC2C(NC(=O)c3cc(O)nc(O)n3)CC(CCc3ccc(CN4CCCNCCNCCCNCC4)cc3)CC2OC2OC(CO)C(O)C(O[C@@H](CC3CCCCC3)C(=O)O)C2NC(=O)c2ccccc2)C(O)C(O)C1O. The van der Waals surface area contributed by atoms with Crippen LogP contribution < -0.4 is 26.6 Å². The van der Waals surface area contributed by atoms with Gasteiger partial charge < -0.3 is 91.1 Å². The maximum atomic E-state index is 14.2. The molecule has 24 heteroatoms. The van der Waals surface area contributed by atoms with Crippen LogP contribution >= 0.6 is 0 Å². The molecule has 14 unspecified atom stereocenters. The predicted molar refractivity (Wildman–Crippen MR) is 296 cm³/mol. The monoisotopic (exact) mass is 1150 g/mol. The summed E-state index contributed by atoms with van der Waals surface area (Å²) in [5, 5.41) is 103. The Balaban J connectivity index is 1.11. The van der Waals surface area contributed by atoms with Gasteiger partial charge in [0.25, 0.3) is 11.8 Å². The number of aliphatic hydroxyl groups excluding tert-OH is 5. The first kappa shape index (κ1) is 63.0. The first-order chi connectivity index (χ1) is 39.6. The van der Waals surface area contributed by atoms with E-state index < -0.39 is 128 Å². The first-order valence-electron chi connectivity index (χ1n) is 29.3. The number of carboxylic acids is 1. The second-order valence-electron chi connectivity index (χ2n) is 22.6. The Morgan fingerprint density at radius 3 is 2.13 bits per heavy atom. The summed E-state index contributed by atoms with van der Waals surface area (Å²) in [6.07, 6.45) is -9.95. The predicted octanol–water partition coefficient (Wildman–Crippen LogP) is 0.677. The third kappa shape index (κ3) is 17.8. The number of hydrogen-bond donors (Lipinski definition) is 13. The molecule has 454 valence electrons. The Hall–Kier alpha value is -5.03. The summed E-state index contributed by atoms with van der Waals surface area (Å²) in [5.41, 5.74) is 2.00. The lowest BCUT2D eigenvalue weighted by molar-refractivity contribution is -0.335. The molecule has 0 spiro atoms. The van der Waals surface area contributed by atoms with Crippen molar-refractivity contribution in [2.45, 2.75) is 176 Å². The molecule has 3 aliphatic heterocycles. The van der Waals surface area contributed by atoms with Crippen molar-refractivity contribution in [2.24, 2.45) is 11.8 Å². The van der Waals surface area contributed by atoms with Crippen LogP contribution in [0.2, 0.25) is 0 Å². The summed E-state index contributed by atoms with van der Waals surface area (Å²) in [6.45, 7) is 8.91. The number of hydrogen-bond acceptors (Lipinski definition) is 21. The van der Waals surface area contributed by atoms with Crippen LogP contribution in [-0.2, 0) is 41.4 Å². The second-order valence-corrected chi connectivity index (χ2v) is 22.6. The number of aliphatic carboxylic acids is 1. The molecule has 2 aromatic carbocycles. The van der Waals surface area contributed by atoms with Crippen molar-refractivity contribution in [1.82, 2.24) is 41.5 Å². The van der Waals surface area contributed by atoms with Crippen molar-refractivity contribution in [3.05, 3.63) is 83.0 Å². The van der Waals surface area contributed by atoms with Crippen molar-refractivity contribution in [1.29, 1.82) is 0 Å². The Morgan fingerprint density at radius 1 is 0.720 bits per heavy atom. The van der Waals surface area contributed by atoms with Crippen molar-refractivity contribution in [2.75, 3.05) is 59.0 Å². The number of nitrogens with zero attached hydrogens (tertiary/aromatic N) is 3. The molecule has 24 nitrogen and oxygen atoms in total. The lowest BCUT2D eigenvalue weighted by atomic mass is 9.78. The van der Waals surface area contributed by atoms with E-state index in [4.69, 9.17) is 23.7 Å². The van der Waals surface area contributed by atoms with E-state index in [-0.39, 0.29) is 36.7 Å². The van der Waals surface area contributed by atoms with Crippen LogP contribution in [0, 0.1) is 11.8 Å². The molecular weight excluding hydrogens is 1060 g/mol. The van der Waals surface area contributed by atoms with Gasteiger partial charge in [-0.2, -0.15) is 9.97 Å². The number of carbonyl (C=O) groups excluding carboxylic acids is 2. The lowest BCUT2D eigenvalue weighted by Gasteiger charge is -2.49. The Labute approximate surface area is 478 Å². The highest BCUT2D eigenvalue weighted by Gasteiger charge is 2.53. The fourth-order valence-corrected chi connectivity index (χ4v) is 12.0. The molecule has 82 heavy (non-hydrogen) atoms. The summed E-state index contributed by atoms with van der Waals surface area (Å²) in [7, 11) is 0. The second kappa shape index (κ2) is 31.2. The number of carboxylic acid groups (broad SMARTS) is 1. The number of ether oxygens (including phenoxy) is 5. The van der Waals surface area contributed by atoms with E-state index in [0.717, 1.165) is 121 Å². The van der Waals surface area contributed by atoms with Gasteiger partial charge in [-0.25, -0.2) is 4.79 Å². The first-order valence-corrected chi connectivity index (χ1v) is 29.3. The van der Waals surface area contributed by atoms with Gasteiger partial charge >= 0.3 is 12.0 Å². The zero-order chi connectivity index (χ0) is 58.1. The number of aromatic hydroxyl groups is 2. The molecular formula is C58H86N8O16. The van der Waals surface area contributed by atoms with Crippen molar-refractivity contribution in [3.8, 4) is 11.9 Å². The number of aliphatic hydroxyl groups is 5. The average Bonchev–Trinajstić information content (AvgIpc) is 3.46. The molecule has 5 fully saturated rings. The number of rotatable bonds is 19. The fraction of sp³-hybridized carbons (Fsp3) is 0.672. The molecule has 1 aromatic heterocycles. The average molecular weight is 1150 g/mol. The van der Waals surface area contributed by atoms with E-state index in [1.54, 1.807) is 30.3 Å². The molecule has 3 saturated heterocycles. The summed E-state index contributed by atoms with van der Waals surface area (Å²) in [4.78, 5) is 51.3. The maximum Gasteiger partial charge on any atom is 0.332 e. The van der Waals surface area contributed by atoms with Gasteiger partial charge in [0, 0.05) is 44.4 Å². The van der Waals surface area contributed by atoms with Crippen LogP contribution in [0.25, 0.3) is 0 Å². The number of carbonyl (C=O) groups is 3. The zero-order valence-electron chi connectivity index (χ0n) is 46.8. The van der Waals surface area contributed by atoms with Gasteiger partial charge in [-0.3, -0.25) is 14.5 Å². The molecule has 8 rings (SSSR count). The molecule has 2 aliphatic carbocycles. The van der Waals surface area contributed by atoms with E-state index in [1.807, 2.05) is 0 Å². The third-order valence-electron chi connectivity index (χ3n) is 16.5. The van der Waals surface area contributed by atoms with Crippen LogP contribution in [0.1, 0.15) is 110 Å². The van der Waals surface area contributed by atoms with Gasteiger partial charge in [-0.15, -0.1) is 0 Å². The quantitative estimate of drug-likeness (QED) is 0.0785. The number of benzene rings is 2. The van der Waals surface area contributed by atoms with Gasteiger partial charge in [0.1, 0.15) is 54.5 Å². The summed E-state index contributed by atoms with van der Waals surface area (Å²) < 4.78 is 32.4. The molecule has 15 atom stereocenters. The van der Waals surface area contributed by atoms with Crippen molar-refractivity contribution < 1.29 is 78.9 Å². The number of nitrogens with one attached hydrogen (secondary N) is 5. The number of aromatic nitrogens is 2. The standard InChI is InChI=1S/C58H86N8O16/c1-34-47(69)49(71)50(72)57(78-34)82-51-40(62-54(74)41-31-45(68)64-58(77)63-41)28-38(19-16-35-14-17-37(18-15-35)32-66-26-9-22-60-24-23-59-20-8-21-61-25-27-66)30-42(51)80-56-46(65-53(73)39-12-6-3-7-13-39)52(48(70)44(33-67)81-56)79-43(55(75)76)29-36-10-4-2-5-11-36/h3,6-7,12-15,17-18,31,34,36,38,40,42-44,46-52,56-57,59-61,67,69-72H,2,4-5,8-11,16,19-30,32-33H2,1H3,(H,62,74)(H,65,73)(H,75,76)(H2,63,64,68,77)/t34?,38?,40?,42?,43-,44?,46?,47?,48?,49?,50?,51?,52?,56?,57?/m0/s1. The third-order valence-corrected chi connectivity index (χ3v) is 16.5. The highest BCUT2D eigenvalue weighted by atomic mass is 16.7. The van der Waals surface area contributed by atoms with Crippen LogP contribution in [0.5, 0.6) is 11.9 Å². The van der Waals surface area contributed by atoms with Crippen LogP contribution in [0.3, 0.4) is 0 Å². The molecule has 5 aliphatic rings. The van der Waals surface area contributed by atoms with Crippen molar-refractivity contribution >= 4 is 17.8 Å². The molecule has 4 heterocycles. The molecule has 2 saturated carbocycles. The molecule has 13 N–H and O–H groups in total. The summed E-state index contributed by atoms with van der Waals surface area (Å²) in [6, 6.07) is 14.2. The minimum Gasteiger partial charge on any atom is -0.493 e. The molecule has 0 radical (unpaired) electrons. The van der Waals surface area contributed by atoms with Gasteiger partial charge in [0.2, 0.25) is 5.88 Å². The van der Waals surface area contributed by atoms with Crippen LogP contribution in [0.15, 0.2) is 60.7 Å². The van der Waals surface area contributed by atoms with Crippen LogP contribution in [0.4, 0.5) is 0 Å². The molecule has 2 amide bonds. The Kier molecular flexibility index (Phi) is 24.0. The molecule has 0 bridgehead atoms. The summed E-state index contributed by atoms with van der Waals surface area (Å²) >= 11 is 0. The largest absolute Gasteiger partial charge is 0.493 e. The van der Waals surface area contributed by atoms with E-state index in [1.165, 1.54) is 6.92 Å². The smallest absolute Gasteiger partial charge is 0.332 e. The number of aryl methyl sites for hydroxylation is 1. The minimum atomic E-state index is -1.82. The topological polar surface area (TPSA) is 348 Å². The fourth-order valence-electron chi connectivity index (χ4n) is 12.0. The van der Waals surface area contributed by atoms with Gasteiger partial charge in [-0.1, -0.05) is 74.6 Å². The van der Waals surface area contributed by atoms with Gasteiger partial charge in [0.15, 0.2) is 18.7 Å².